The summed E-state index contributed by atoms with van der Waals surface area (Å²) in [4.78, 5) is 36.8. The highest BCUT2D eigenvalue weighted by molar-refractivity contribution is 5.92. The van der Waals surface area contributed by atoms with Crippen LogP contribution in [0.25, 0.3) is 22.3 Å². The van der Waals surface area contributed by atoms with E-state index in [0.717, 1.165) is 22.3 Å². The number of aromatic nitrogens is 2. The van der Waals surface area contributed by atoms with Gasteiger partial charge in [0.2, 0.25) is 0 Å². The first kappa shape index (κ1) is 21.7. The van der Waals surface area contributed by atoms with E-state index < -0.39 is 12.0 Å². The summed E-state index contributed by atoms with van der Waals surface area (Å²) in [5.41, 5.74) is 2.40. The number of aliphatic hydroxyl groups is 1. The molecule has 0 spiro atoms. The first-order valence-electron chi connectivity index (χ1n) is 10.6. The van der Waals surface area contributed by atoms with Crippen molar-refractivity contribution < 1.29 is 19.8 Å². The number of fused-ring (bicyclic) bond motifs is 1. The van der Waals surface area contributed by atoms with Crippen LogP contribution in [0.5, 0.6) is 5.75 Å². The molecule has 166 valence electrons. The maximum atomic E-state index is 12.5. The summed E-state index contributed by atoms with van der Waals surface area (Å²) in [6.07, 6.45) is -1.46. The zero-order chi connectivity index (χ0) is 22.8. The molecule has 4 rings (SSSR count). The second-order valence-electron chi connectivity index (χ2n) is 8.14. The molecule has 0 unspecified atom stereocenters. The van der Waals surface area contributed by atoms with Crippen molar-refractivity contribution in [3.05, 3.63) is 48.0 Å². The Balaban J connectivity index is 1.64. The van der Waals surface area contributed by atoms with Gasteiger partial charge in [-0.1, -0.05) is 18.2 Å². The summed E-state index contributed by atoms with van der Waals surface area (Å²) in [7, 11) is 0. The Kier molecular flexibility index (Phi) is 6.05. The van der Waals surface area contributed by atoms with Crippen LogP contribution in [0.15, 0.2) is 42.5 Å². The largest absolute Gasteiger partial charge is 0.507 e. The van der Waals surface area contributed by atoms with E-state index in [2.05, 4.69) is 9.88 Å². The van der Waals surface area contributed by atoms with E-state index in [0.29, 0.717) is 37.6 Å². The van der Waals surface area contributed by atoms with Crippen molar-refractivity contribution in [1.82, 2.24) is 14.9 Å². The number of carbonyl (C=O) groups is 2. The number of piperazine rings is 1. The number of nitrogens with zero attached hydrogens (tertiary/aromatic N) is 4. The van der Waals surface area contributed by atoms with Crippen molar-refractivity contribution in [2.45, 2.75) is 26.4 Å². The van der Waals surface area contributed by atoms with Crippen LogP contribution in [-0.4, -0.2) is 69.1 Å². The predicted molar refractivity (Wildman–Crippen MR) is 121 cm³/mol. The average molecular weight is 434 g/mol. The van der Waals surface area contributed by atoms with Gasteiger partial charge in [0, 0.05) is 38.0 Å². The highest BCUT2D eigenvalue weighted by atomic mass is 16.3. The molecule has 0 radical (unpaired) electrons. The minimum atomic E-state index is -1.30. The first-order valence-corrected chi connectivity index (χ1v) is 10.6. The molecule has 1 aliphatic rings. The molecular weight excluding hydrogens is 408 g/mol. The van der Waals surface area contributed by atoms with E-state index in [4.69, 9.17) is 4.98 Å². The minimum Gasteiger partial charge on any atom is -0.507 e. The van der Waals surface area contributed by atoms with Crippen molar-refractivity contribution in [2.75, 3.05) is 31.1 Å². The number of benzene rings is 2. The van der Waals surface area contributed by atoms with E-state index in [1.54, 1.807) is 23.1 Å². The third kappa shape index (κ3) is 4.40. The number of Topliss-reactive ketones (excluding diaryl/α,β-unsaturated/α-hetero) is 1. The molecule has 3 aromatic rings. The smallest absolute Gasteiger partial charge is 0.251 e. The van der Waals surface area contributed by atoms with Gasteiger partial charge < -0.3 is 20.0 Å². The molecule has 1 aromatic heterocycles. The lowest BCUT2D eigenvalue weighted by molar-refractivity contribution is -0.142. The molecule has 2 N–H and O–H groups in total. The fraction of sp³-hybridized carbons (Fsp3) is 0.333. The number of aryl methyl sites for hydroxylation is 1. The van der Waals surface area contributed by atoms with Gasteiger partial charge in [0.15, 0.2) is 5.82 Å². The van der Waals surface area contributed by atoms with Gasteiger partial charge in [0.1, 0.15) is 23.5 Å². The highest BCUT2D eigenvalue weighted by Gasteiger charge is 2.28. The summed E-state index contributed by atoms with van der Waals surface area (Å²) in [5.74, 6) is 0.651. The number of anilines is 1. The summed E-state index contributed by atoms with van der Waals surface area (Å²) in [6.45, 7) is 5.24. The number of hydrogen-bond donors (Lipinski definition) is 2. The molecule has 1 fully saturated rings. The molecule has 2 aromatic carbocycles. The van der Waals surface area contributed by atoms with E-state index in [1.165, 1.54) is 6.92 Å². The number of aliphatic hydroxyl groups excluding tert-OH is 1. The van der Waals surface area contributed by atoms with Crippen LogP contribution in [0, 0.1) is 6.92 Å². The Morgan fingerprint density at radius 2 is 1.78 bits per heavy atom. The molecule has 32 heavy (non-hydrogen) atoms. The zero-order valence-corrected chi connectivity index (χ0v) is 18.2. The lowest BCUT2D eigenvalue weighted by Crippen LogP contribution is -2.52. The van der Waals surface area contributed by atoms with Gasteiger partial charge in [-0.15, -0.1) is 0 Å². The number of phenols is 1. The average Bonchev–Trinajstić information content (AvgIpc) is 2.77. The summed E-state index contributed by atoms with van der Waals surface area (Å²) in [5, 5.41) is 21.2. The normalized spacial score (nSPS) is 15.1. The molecule has 0 bridgehead atoms. The first-order chi connectivity index (χ1) is 15.3. The Hall–Kier alpha value is -3.52. The van der Waals surface area contributed by atoms with E-state index in [9.17, 15) is 19.8 Å². The summed E-state index contributed by atoms with van der Waals surface area (Å²) >= 11 is 0. The SMILES string of the molecule is CC(=O)C[C@@H](O)C(=O)N1CCN(c2nc(-c3ccccc3O)nc3cc(C)ccc23)CC1. The molecule has 1 atom stereocenters. The third-order valence-corrected chi connectivity index (χ3v) is 5.63. The summed E-state index contributed by atoms with van der Waals surface area (Å²) < 4.78 is 0. The van der Waals surface area contributed by atoms with Crippen molar-refractivity contribution >= 4 is 28.4 Å². The fourth-order valence-electron chi connectivity index (χ4n) is 3.96. The molecule has 1 amide bonds. The van der Waals surface area contributed by atoms with Crippen LogP contribution in [0.2, 0.25) is 0 Å². The molecule has 8 heteroatoms. The Bertz CT molecular complexity index is 1170. The number of ketones is 1. The van der Waals surface area contributed by atoms with Crippen molar-refractivity contribution in [1.29, 1.82) is 0 Å². The maximum absolute atomic E-state index is 12.5. The molecule has 2 heterocycles. The van der Waals surface area contributed by atoms with E-state index in [1.807, 2.05) is 31.2 Å². The Labute approximate surface area is 186 Å². The summed E-state index contributed by atoms with van der Waals surface area (Å²) in [6, 6.07) is 13.0. The second kappa shape index (κ2) is 8.92. The van der Waals surface area contributed by atoms with Crippen LogP contribution in [0.1, 0.15) is 18.9 Å². The molecule has 8 nitrogen and oxygen atoms in total. The van der Waals surface area contributed by atoms with Crippen molar-refractivity contribution in [3.8, 4) is 17.1 Å². The van der Waals surface area contributed by atoms with Gasteiger partial charge in [-0.2, -0.15) is 0 Å². The maximum Gasteiger partial charge on any atom is 0.251 e. The van der Waals surface area contributed by atoms with Crippen LogP contribution >= 0.6 is 0 Å². The quantitative estimate of drug-likeness (QED) is 0.635. The van der Waals surface area contributed by atoms with Crippen LogP contribution in [0.4, 0.5) is 5.82 Å². The fourth-order valence-corrected chi connectivity index (χ4v) is 3.96. The second-order valence-corrected chi connectivity index (χ2v) is 8.14. The molecule has 0 saturated carbocycles. The van der Waals surface area contributed by atoms with Gasteiger partial charge in [-0.3, -0.25) is 9.59 Å². The lowest BCUT2D eigenvalue weighted by atomic mass is 10.1. The molecular formula is C24H26N4O4. The number of carbonyl (C=O) groups excluding carboxylic acids is 2. The number of aromatic hydroxyl groups is 1. The number of para-hydroxylation sites is 1. The number of rotatable bonds is 5. The predicted octanol–water partition coefficient (Wildman–Crippen LogP) is 2.30. The topological polar surface area (TPSA) is 107 Å². The van der Waals surface area contributed by atoms with Gasteiger partial charge in [-0.05, 0) is 43.7 Å². The Morgan fingerprint density at radius 3 is 2.47 bits per heavy atom. The number of phenolic OH excluding ortho intramolecular Hbond substituents is 1. The van der Waals surface area contributed by atoms with Crippen molar-refractivity contribution in [3.63, 3.8) is 0 Å². The van der Waals surface area contributed by atoms with Crippen LogP contribution < -0.4 is 4.90 Å². The zero-order valence-electron chi connectivity index (χ0n) is 18.2. The van der Waals surface area contributed by atoms with E-state index in [-0.39, 0.29) is 18.0 Å². The highest BCUT2D eigenvalue weighted by Crippen LogP contribution is 2.32. The molecule has 0 aliphatic carbocycles. The minimum absolute atomic E-state index is 0.111. The standard InChI is InChI=1S/C24H26N4O4/c1-15-7-8-17-19(13-15)25-22(18-5-3-4-6-20(18)30)26-23(17)27-9-11-28(12-10-27)24(32)21(31)14-16(2)29/h3-8,13,21,30-31H,9-12,14H2,1-2H3/t21-/m1/s1. The van der Waals surface area contributed by atoms with E-state index >= 15 is 0 Å². The third-order valence-electron chi connectivity index (χ3n) is 5.63. The number of amides is 1. The van der Waals surface area contributed by atoms with Crippen molar-refractivity contribution in [2.24, 2.45) is 0 Å². The van der Waals surface area contributed by atoms with Crippen LogP contribution in [0.3, 0.4) is 0 Å². The van der Waals surface area contributed by atoms with Gasteiger partial charge >= 0.3 is 0 Å². The lowest BCUT2D eigenvalue weighted by Gasteiger charge is -2.36. The van der Waals surface area contributed by atoms with Gasteiger partial charge in [0.05, 0.1) is 11.1 Å². The monoisotopic (exact) mass is 434 g/mol. The molecule has 1 aliphatic heterocycles. The Morgan fingerprint density at radius 1 is 1.06 bits per heavy atom. The van der Waals surface area contributed by atoms with Crippen LogP contribution in [-0.2, 0) is 9.59 Å². The number of hydrogen-bond acceptors (Lipinski definition) is 7. The molecule has 1 saturated heterocycles. The van der Waals surface area contributed by atoms with Gasteiger partial charge in [0.25, 0.3) is 5.91 Å². The van der Waals surface area contributed by atoms with Gasteiger partial charge in [-0.25, -0.2) is 9.97 Å².